The molecule has 0 saturated carbocycles. The average molecular weight is 376 g/mol. The van der Waals surface area contributed by atoms with Crippen LogP contribution in [0.5, 0.6) is 0 Å². The van der Waals surface area contributed by atoms with Crippen LogP contribution in [-0.4, -0.2) is 42.1 Å². The molecule has 1 saturated heterocycles. The number of fused-ring (bicyclic) bond motifs is 1. The zero-order valence-electron chi connectivity index (χ0n) is 16.5. The molecule has 28 heavy (non-hydrogen) atoms. The number of amides is 1. The van der Waals surface area contributed by atoms with E-state index in [0.717, 1.165) is 12.8 Å². The first-order chi connectivity index (χ1) is 13.8. The first-order valence-corrected chi connectivity index (χ1v) is 10.2. The van der Waals surface area contributed by atoms with Crippen LogP contribution in [-0.2, 0) is 22.4 Å². The largest absolute Gasteiger partial charge is 0.378 e. The Balaban J connectivity index is 1.65. The summed E-state index contributed by atoms with van der Waals surface area (Å²) in [5.74, 6) is 0.379. The van der Waals surface area contributed by atoms with Gasteiger partial charge in [-0.2, -0.15) is 0 Å². The van der Waals surface area contributed by atoms with Gasteiger partial charge < -0.3 is 14.6 Å². The van der Waals surface area contributed by atoms with Crippen molar-refractivity contribution >= 4 is 16.8 Å². The summed E-state index contributed by atoms with van der Waals surface area (Å²) in [5, 5.41) is 1.25. The fraction of sp³-hybridized carbons (Fsp3) is 0.375. The molecule has 0 aliphatic carbocycles. The molecular formula is C24H28N2O2. The van der Waals surface area contributed by atoms with Crippen LogP contribution < -0.4 is 0 Å². The number of carbonyl (C=O) groups is 1. The topological polar surface area (TPSA) is 45.3 Å². The van der Waals surface area contributed by atoms with Gasteiger partial charge in [-0.1, -0.05) is 55.5 Å². The van der Waals surface area contributed by atoms with E-state index in [0.29, 0.717) is 32.7 Å². The molecule has 1 unspecified atom stereocenters. The molecule has 0 bridgehead atoms. The summed E-state index contributed by atoms with van der Waals surface area (Å²) >= 11 is 0. The van der Waals surface area contributed by atoms with E-state index in [4.69, 9.17) is 4.74 Å². The molecule has 4 rings (SSSR count). The number of aromatic nitrogens is 1. The number of hydrogen-bond donors (Lipinski definition) is 1. The molecular weight excluding hydrogens is 348 g/mol. The molecule has 1 N–H and O–H groups in total. The lowest BCUT2D eigenvalue weighted by Gasteiger charge is -2.28. The Morgan fingerprint density at radius 2 is 1.89 bits per heavy atom. The van der Waals surface area contributed by atoms with Crippen LogP contribution in [0.1, 0.15) is 36.0 Å². The predicted octanol–water partition coefficient (Wildman–Crippen LogP) is 4.31. The van der Waals surface area contributed by atoms with Crippen molar-refractivity contribution in [1.29, 1.82) is 0 Å². The van der Waals surface area contributed by atoms with E-state index >= 15 is 0 Å². The molecule has 2 heterocycles. The maximum Gasteiger partial charge on any atom is 0.223 e. The Labute approximate surface area is 166 Å². The summed E-state index contributed by atoms with van der Waals surface area (Å²) in [5.41, 5.74) is 5.04. The number of aromatic amines is 1. The van der Waals surface area contributed by atoms with Crippen LogP contribution in [0, 0.1) is 0 Å². The molecule has 4 nitrogen and oxygen atoms in total. The number of aryl methyl sites for hydroxylation is 1. The van der Waals surface area contributed by atoms with Crippen molar-refractivity contribution < 1.29 is 9.53 Å². The maximum absolute atomic E-state index is 13.0. The number of nitrogens with zero attached hydrogens (tertiary/aromatic N) is 1. The van der Waals surface area contributed by atoms with Crippen molar-refractivity contribution in [2.45, 2.75) is 32.1 Å². The molecule has 1 aliphatic rings. The number of para-hydroxylation sites is 1. The van der Waals surface area contributed by atoms with E-state index in [2.05, 4.69) is 60.6 Å². The molecule has 4 heteroatoms. The van der Waals surface area contributed by atoms with E-state index in [9.17, 15) is 4.79 Å². The summed E-state index contributed by atoms with van der Waals surface area (Å²) in [6.07, 6.45) is 4.50. The lowest BCUT2D eigenvalue weighted by molar-refractivity contribution is -0.135. The predicted molar refractivity (Wildman–Crippen MR) is 113 cm³/mol. The number of rotatable bonds is 6. The van der Waals surface area contributed by atoms with Crippen molar-refractivity contribution in [3.8, 4) is 0 Å². The second-order valence-corrected chi connectivity index (χ2v) is 7.52. The van der Waals surface area contributed by atoms with E-state index in [-0.39, 0.29) is 11.8 Å². The van der Waals surface area contributed by atoms with Gasteiger partial charge in [0, 0.05) is 36.6 Å². The van der Waals surface area contributed by atoms with Gasteiger partial charge in [0.15, 0.2) is 0 Å². The Hall–Kier alpha value is -2.59. The number of carbonyl (C=O) groups excluding carboxylic acids is 1. The monoisotopic (exact) mass is 376 g/mol. The number of nitrogens with one attached hydrogen (secondary N) is 1. The minimum Gasteiger partial charge on any atom is -0.378 e. The number of hydrogen-bond acceptors (Lipinski definition) is 2. The molecule has 1 atom stereocenters. The Bertz CT molecular complexity index is 926. The minimum atomic E-state index is 0.151. The molecule has 1 fully saturated rings. The van der Waals surface area contributed by atoms with Gasteiger partial charge in [-0.3, -0.25) is 4.79 Å². The summed E-state index contributed by atoms with van der Waals surface area (Å²) < 4.78 is 5.41. The Kier molecular flexibility index (Phi) is 5.77. The number of H-pyrrole nitrogens is 1. The van der Waals surface area contributed by atoms with Crippen molar-refractivity contribution in [3.05, 3.63) is 71.4 Å². The molecule has 3 aromatic rings. The quantitative estimate of drug-likeness (QED) is 0.697. The number of ether oxygens (including phenoxy) is 1. The van der Waals surface area contributed by atoms with Crippen LogP contribution in [0.2, 0.25) is 0 Å². The van der Waals surface area contributed by atoms with Crippen molar-refractivity contribution in [2.75, 3.05) is 26.3 Å². The van der Waals surface area contributed by atoms with Gasteiger partial charge in [0.2, 0.25) is 5.91 Å². The molecule has 1 aromatic heterocycles. The normalized spacial score (nSPS) is 15.7. The van der Waals surface area contributed by atoms with Gasteiger partial charge in [-0.25, -0.2) is 0 Å². The lowest BCUT2D eigenvalue weighted by Crippen LogP contribution is -2.41. The molecule has 146 valence electrons. The molecule has 0 spiro atoms. The van der Waals surface area contributed by atoms with Gasteiger partial charge in [0.05, 0.1) is 13.2 Å². The zero-order chi connectivity index (χ0) is 19.3. The van der Waals surface area contributed by atoms with Crippen LogP contribution >= 0.6 is 0 Å². The molecule has 1 amide bonds. The van der Waals surface area contributed by atoms with E-state index in [1.54, 1.807) is 0 Å². The third-order valence-corrected chi connectivity index (χ3v) is 5.76. The van der Waals surface area contributed by atoms with E-state index in [1.165, 1.54) is 27.6 Å². The molecule has 2 aromatic carbocycles. The van der Waals surface area contributed by atoms with Crippen molar-refractivity contribution in [2.24, 2.45) is 0 Å². The third kappa shape index (κ3) is 3.97. The van der Waals surface area contributed by atoms with Crippen LogP contribution in [0.3, 0.4) is 0 Å². The minimum absolute atomic E-state index is 0.151. The third-order valence-electron chi connectivity index (χ3n) is 5.76. The highest BCUT2D eigenvalue weighted by Crippen LogP contribution is 2.33. The second-order valence-electron chi connectivity index (χ2n) is 7.52. The van der Waals surface area contributed by atoms with Crippen molar-refractivity contribution in [3.63, 3.8) is 0 Å². The summed E-state index contributed by atoms with van der Waals surface area (Å²) in [6, 6.07) is 17.0. The molecule has 1 aliphatic heterocycles. The van der Waals surface area contributed by atoms with Gasteiger partial charge >= 0.3 is 0 Å². The van der Waals surface area contributed by atoms with Crippen LogP contribution in [0.4, 0.5) is 0 Å². The highest BCUT2D eigenvalue weighted by molar-refractivity contribution is 5.87. The van der Waals surface area contributed by atoms with Gasteiger partial charge in [-0.05, 0) is 35.4 Å². The van der Waals surface area contributed by atoms with Gasteiger partial charge in [-0.15, -0.1) is 0 Å². The summed E-state index contributed by atoms with van der Waals surface area (Å²) in [4.78, 5) is 18.4. The Morgan fingerprint density at radius 3 is 2.64 bits per heavy atom. The smallest absolute Gasteiger partial charge is 0.223 e. The average Bonchev–Trinajstić information content (AvgIpc) is 3.19. The summed E-state index contributed by atoms with van der Waals surface area (Å²) in [7, 11) is 0. The number of benzene rings is 2. The van der Waals surface area contributed by atoms with E-state index in [1.807, 2.05) is 11.0 Å². The lowest BCUT2D eigenvalue weighted by atomic mass is 9.88. The van der Waals surface area contributed by atoms with E-state index < -0.39 is 0 Å². The van der Waals surface area contributed by atoms with Gasteiger partial charge in [0.25, 0.3) is 0 Å². The molecule has 0 radical (unpaired) electrons. The zero-order valence-corrected chi connectivity index (χ0v) is 16.5. The highest BCUT2D eigenvalue weighted by atomic mass is 16.5. The fourth-order valence-corrected chi connectivity index (χ4v) is 4.21. The highest BCUT2D eigenvalue weighted by Gasteiger charge is 2.24. The summed E-state index contributed by atoms with van der Waals surface area (Å²) in [6.45, 7) is 4.86. The first-order valence-electron chi connectivity index (χ1n) is 10.2. The second kappa shape index (κ2) is 8.61. The fourth-order valence-electron chi connectivity index (χ4n) is 4.21. The maximum atomic E-state index is 13.0. The first kappa shape index (κ1) is 18.8. The SMILES string of the molecule is CCc1cccc2c(C(CC(=O)N3CCOCC3)Cc3ccccc3)c[nH]c12. The standard InChI is InChI=1S/C24H28N2O2/c1-2-19-9-6-10-21-22(17-25-24(19)21)20(15-18-7-4-3-5-8-18)16-23(27)26-11-13-28-14-12-26/h3-10,17,20,25H,2,11-16H2,1H3. The van der Waals surface area contributed by atoms with Crippen LogP contribution in [0.15, 0.2) is 54.7 Å². The van der Waals surface area contributed by atoms with Gasteiger partial charge in [0.1, 0.15) is 0 Å². The number of morpholine rings is 1. The van der Waals surface area contributed by atoms with Crippen molar-refractivity contribution in [1.82, 2.24) is 9.88 Å². The Morgan fingerprint density at radius 1 is 1.11 bits per heavy atom. The van der Waals surface area contributed by atoms with Crippen LogP contribution in [0.25, 0.3) is 10.9 Å².